The number of carbonyl (C=O) groups is 1. The molecule has 5 heteroatoms. The number of hydrazone groups is 1. The Morgan fingerprint density at radius 2 is 1.96 bits per heavy atom. The van der Waals surface area contributed by atoms with Gasteiger partial charge >= 0.3 is 6.09 Å². The lowest BCUT2D eigenvalue weighted by atomic mass is 10.0. The molecule has 2 aromatic carbocycles. The van der Waals surface area contributed by atoms with Crippen LogP contribution >= 0.6 is 0 Å². The Hall–Kier alpha value is -2.56. The van der Waals surface area contributed by atoms with Gasteiger partial charge in [0.2, 0.25) is 0 Å². The van der Waals surface area contributed by atoms with Gasteiger partial charge in [-0.05, 0) is 44.5 Å². The van der Waals surface area contributed by atoms with Crippen molar-refractivity contribution >= 4 is 23.1 Å². The molecule has 0 fully saturated rings. The standard InChI is InChI=1S/C18H22N2O3/c1-5-22-16-11-10-13-8-6-7-9-14(13)15(16)12-19-20-17(21)23-18(2,3)4/h6-12H,5H2,1-4H3,(H,20,21)/b19-12-. The van der Waals surface area contributed by atoms with Gasteiger partial charge in [0.15, 0.2) is 0 Å². The van der Waals surface area contributed by atoms with Crippen LogP contribution in [0.3, 0.4) is 0 Å². The molecule has 0 spiro atoms. The molecule has 1 N–H and O–H groups in total. The summed E-state index contributed by atoms with van der Waals surface area (Å²) in [6.07, 6.45) is 0.990. The molecule has 0 radical (unpaired) electrons. The first-order valence-electron chi connectivity index (χ1n) is 7.57. The van der Waals surface area contributed by atoms with Crippen LogP contribution in [0.5, 0.6) is 5.75 Å². The number of hydrogen-bond donors (Lipinski definition) is 1. The highest BCUT2D eigenvalue weighted by Crippen LogP contribution is 2.26. The van der Waals surface area contributed by atoms with Crippen LogP contribution in [0.15, 0.2) is 41.5 Å². The molecule has 2 aromatic rings. The van der Waals surface area contributed by atoms with E-state index in [1.165, 1.54) is 0 Å². The first kappa shape index (κ1) is 16.8. The lowest BCUT2D eigenvalue weighted by Gasteiger charge is -2.18. The second-order valence-corrected chi connectivity index (χ2v) is 6.00. The van der Waals surface area contributed by atoms with Gasteiger partial charge in [0.25, 0.3) is 0 Å². The summed E-state index contributed by atoms with van der Waals surface area (Å²) >= 11 is 0. The minimum Gasteiger partial charge on any atom is -0.493 e. The number of rotatable bonds is 4. The molecule has 0 saturated carbocycles. The number of ether oxygens (including phenoxy) is 2. The zero-order valence-electron chi connectivity index (χ0n) is 13.9. The molecule has 0 atom stereocenters. The van der Waals surface area contributed by atoms with Gasteiger partial charge in [-0.15, -0.1) is 0 Å². The van der Waals surface area contributed by atoms with E-state index >= 15 is 0 Å². The second-order valence-electron chi connectivity index (χ2n) is 6.00. The summed E-state index contributed by atoms with van der Waals surface area (Å²) in [7, 11) is 0. The Morgan fingerprint density at radius 1 is 1.22 bits per heavy atom. The molecule has 0 unspecified atom stereocenters. The SMILES string of the molecule is CCOc1ccc2ccccc2c1/C=N\NC(=O)OC(C)(C)C. The van der Waals surface area contributed by atoms with E-state index in [0.29, 0.717) is 6.61 Å². The largest absolute Gasteiger partial charge is 0.493 e. The molecule has 23 heavy (non-hydrogen) atoms. The van der Waals surface area contributed by atoms with Gasteiger partial charge < -0.3 is 9.47 Å². The Balaban J connectivity index is 2.25. The average Bonchev–Trinajstić information content (AvgIpc) is 2.47. The van der Waals surface area contributed by atoms with Crippen molar-refractivity contribution < 1.29 is 14.3 Å². The van der Waals surface area contributed by atoms with Gasteiger partial charge in [-0.3, -0.25) is 0 Å². The molecule has 122 valence electrons. The lowest BCUT2D eigenvalue weighted by Crippen LogP contribution is -2.29. The fraction of sp³-hybridized carbons (Fsp3) is 0.333. The molecule has 0 saturated heterocycles. The summed E-state index contributed by atoms with van der Waals surface area (Å²) in [6.45, 7) is 7.88. The van der Waals surface area contributed by atoms with E-state index in [1.54, 1.807) is 27.0 Å². The monoisotopic (exact) mass is 314 g/mol. The Morgan fingerprint density at radius 3 is 2.65 bits per heavy atom. The van der Waals surface area contributed by atoms with Crippen molar-refractivity contribution in [1.29, 1.82) is 0 Å². The highest BCUT2D eigenvalue weighted by atomic mass is 16.6. The van der Waals surface area contributed by atoms with Crippen molar-refractivity contribution in [2.75, 3.05) is 6.61 Å². The lowest BCUT2D eigenvalue weighted by molar-refractivity contribution is 0.0529. The van der Waals surface area contributed by atoms with Crippen LogP contribution in [-0.4, -0.2) is 24.5 Å². The Kier molecular flexibility index (Phi) is 5.21. The predicted molar refractivity (Wildman–Crippen MR) is 92.1 cm³/mol. The topological polar surface area (TPSA) is 59.9 Å². The molecule has 1 amide bonds. The molecular formula is C18H22N2O3. The Labute approximate surface area is 136 Å². The van der Waals surface area contributed by atoms with Crippen molar-refractivity contribution in [2.24, 2.45) is 5.10 Å². The summed E-state index contributed by atoms with van der Waals surface area (Å²) in [4.78, 5) is 11.6. The van der Waals surface area contributed by atoms with Gasteiger partial charge in [0.1, 0.15) is 11.4 Å². The maximum Gasteiger partial charge on any atom is 0.428 e. The molecule has 0 aliphatic carbocycles. The van der Waals surface area contributed by atoms with E-state index in [4.69, 9.17) is 9.47 Å². The first-order valence-corrected chi connectivity index (χ1v) is 7.57. The van der Waals surface area contributed by atoms with E-state index in [-0.39, 0.29) is 0 Å². The van der Waals surface area contributed by atoms with Crippen LogP contribution in [-0.2, 0) is 4.74 Å². The zero-order chi connectivity index (χ0) is 16.9. The third kappa shape index (κ3) is 4.71. The zero-order valence-corrected chi connectivity index (χ0v) is 13.9. The van der Waals surface area contributed by atoms with E-state index in [9.17, 15) is 4.79 Å². The average molecular weight is 314 g/mol. The van der Waals surface area contributed by atoms with Crippen LogP contribution in [0.2, 0.25) is 0 Å². The number of fused-ring (bicyclic) bond motifs is 1. The molecular weight excluding hydrogens is 292 g/mol. The molecule has 0 aliphatic rings. The molecule has 2 rings (SSSR count). The van der Waals surface area contributed by atoms with Crippen molar-refractivity contribution in [3.63, 3.8) is 0 Å². The summed E-state index contributed by atoms with van der Waals surface area (Å²) in [5, 5.41) is 6.08. The number of nitrogens with zero attached hydrogens (tertiary/aromatic N) is 1. The normalized spacial score (nSPS) is 11.7. The number of benzene rings is 2. The highest BCUT2D eigenvalue weighted by Gasteiger charge is 2.15. The third-order valence-electron chi connectivity index (χ3n) is 2.98. The van der Waals surface area contributed by atoms with Crippen LogP contribution in [0.1, 0.15) is 33.3 Å². The number of nitrogens with one attached hydrogen (secondary N) is 1. The van der Waals surface area contributed by atoms with Crippen LogP contribution < -0.4 is 10.2 Å². The fourth-order valence-corrected chi connectivity index (χ4v) is 2.14. The number of hydrogen-bond acceptors (Lipinski definition) is 4. The minimum atomic E-state index is -0.591. The Bertz CT molecular complexity index is 718. The quantitative estimate of drug-likeness (QED) is 0.683. The van der Waals surface area contributed by atoms with Crippen LogP contribution in [0.4, 0.5) is 4.79 Å². The number of carbonyl (C=O) groups excluding carboxylic acids is 1. The summed E-state index contributed by atoms with van der Waals surface area (Å²) in [6, 6.07) is 11.8. The molecule has 0 bridgehead atoms. The maximum atomic E-state index is 11.6. The van der Waals surface area contributed by atoms with E-state index in [1.807, 2.05) is 43.3 Å². The molecule has 0 heterocycles. The van der Waals surface area contributed by atoms with Crippen LogP contribution in [0, 0.1) is 0 Å². The van der Waals surface area contributed by atoms with Gasteiger partial charge in [0.05, 0.1) is 12.8 Å². The summed E-state index contributed by atoms with van der Waals surface area (Å²) < 4.78 is 10.8. The molecule has 5 nitrogen and oxygen atoms in total. The summed E-state index contributed by atoms with van der Waals surface area (Å²) in [5.41, 5.74) is 2.63. The number of amides is 1. The van der Waals surface area contributed by atoms with E-state index < -0.39 is 11.7 Å². The molecule has 0 aliphatic heterocycles. The second kappa shape index (κ2) is 7.13. The first-order chi connectivity index (χ1) is 10.9. The minimum absolute atomic E-state index is 0.554. The molecule has 0 aromatic heterocycles. The smallest absolute Gasteiger partial charge is 0.428 e. The van der Waals surface area contributed by atoms with Gasteiger partial charge in [-0.1, -0.05) is 30.3 Å². The van der Waals surface area contributed by atoms with E-state index in [0.717, 1.165) is 22.1 Å². The van der Waals surface area contributed by atoms with Gasteiger partial charge in [-0.2, -0.15) is 5.10 Å². The third-order valence-corrected chi connectivity index (χ3v) is 2.98. The summed E-state index contributed by atoms with van der Waals surface area (Å²) in [5.74, 6) is 0.723. The van der Waals surface area contributed by atoms with Crippen molar-refractivity contribution in [1.82, 2.24) is 5.43 Å². The predicted octanol–water partition coefficient (Wildman–Crippen LogP) is 4.10. The maximum absolute atomic E-state index is 11.6. The van der Waals surface area contributed by atoms with Gasteiger partial charge in [-0.25, -0.2) is 10.2 Å². The van der Waals surface area contributed by atoms with Crippen molar-refractivity contribution in [3.8, 4) is 5.75 Å². The highest BCUT2D eigenvalue weighted by molar-refractivity contribution is 6.02. The van der Waals surface area contributed by atoms with Crippen LogP contribution in [0.25, 0.3) is 10.8 Å². The van der Waals surface area contributed by atoms with Crippen molar-refractivity contribution in [3.05, 3.63) is 42.0 Å². The van der Waals surface area contributed by atoms with Gasteiger partial charge in [0, 0.05) is 5.56 Å². The van der Waals surface area contributed by atoms with E-state index in [2.05, 4.69) is 10.5 Å². The van der Waals surface area contributed by atoms with Crippen molar-refractivity contribution in [2.45, 2.75) is 33.3 Å². The fourth-order valence-electron chi connectivity index (χ4n) is 2.14.